The molecule has 0 spiro atoms. The summed E-state index contributed by atoms with van der Waals surface area (Å²) >= 11 is 0. The van der Waals surface area contributed by atoms with Gasteiger partial charge in [-0.2, -0.15) is 0 Å². The molecule has 3 nitrogen and oxygen atoms in total. The summed E-state index contributed by atoms with van der Waals surface area (Å²) in [6, 6.07) is 0.362. The van der Waals surface area contributed by atoms with Crippen LogP contribution in [0, 0.1) is 5.92 Å². The van der Waals surface area contributed by atoms with Crippen LogP contribution in [0.2, 0.25) is 0 Å². The monoisotopic (exact) mass is 226 g/mol. The van der Waals surface area contributed by atoms with Crippen molar-refractivity contribution in [3.63, 3.8) is 0 Å². The van der Waals surface area contributed by atoms with Crippen molar-refractivity contribution in [2.45, 2.75) is 50.7 Å². The van der Waals surface area contributed by atoms with Gasteiger partial charge in [-0.3, -0.25) is 0 Å². The number of piperidine rings is 1. The number of likely N-dealkylation sites (tertiary alicyclic amines) is 1. The van der Waals surface area contributed by atoms with Crippen LogP contribution in [0.15, 0.2) is 0 Å². The fraction of sp³-hybridized carbons (Fsp3) is 1.00. The van der Waals surface area contributed by atoms with E-state index in [4.69, 9.17) is 0 Å². The lowest BCUT2D eigenvalue weighted by Crippen LogP contribution is -2.46. The maximum absolute atomic E-state index is 9.88. The average molecular weight is 226 g/mol. The zero-order valence-electron chi connectivity index (χ0n) is 10.5. The second kappa shape index (κ2) is 5.99. The molecule has 0 amide bonds. The van der Waals surface area contributed by atoms with Gasteiger partial charge in [0.15, 0.2) is 0 Å². The Labute approximate surface area is 99.2 Å². The number of nitrogens with zero attached hydrogens (tertiary/aromatic N) is 1. The van der Waals surface area contributed by atoms with Gasteiger partial charge in [-0.25, -0.2) is 0 Å². The normalized spacial score (nSPS) is 37.5. The molecule has 1 aliphatic carbocycles. The average Bonchev–Trinajstić information content (AvgIpc) is 2.28. The summed E-state index contributed by atoms with van der Waals surface area (Å²) in [5.41, 5.74) is 0. The molecule has 0 bridgehead atoms. The molecule has 94 valence electrons. The molecule has 0 aromatic carbocycles. The molecule has 2 rings (SSSR count). The molecule has 3 atom stereocenters. The van der Waals surface area contributed by atoms with E-state index in [1.165, 1.54) is 38.8 Å². The minimum atomic E-state index is -0.102. The van der Waals surface area contributed by atoms with E-state index in [0.717, 1.165) is 25.3 Å². The predicted molar refractivity (Wildman–Crippen MR) is 66.5 cm³/mol. The summed E-state index contributed by atoms with van der Waals surface area (Å²) in [7, 11) is 2.21. The first kappa shape index (κ1) is 12.3. The van der Waals surface area contributed by atoms with E-state index in [9.17, 15) is 5.11 Å². The van der Waals surface area contributed by atoms with Gasteiger partial charge in [0.25, 0.3) is 0 Å². The Kier molecular flexibility index (Phi) is 4.62. The number of aliphatic hydroxyl groups excluding tert-OH is 1. The first-order valence-corrected chi connectivity index (χ1v) is 6.85. The topological polar surface area (TPSA) is 35.5 Å². The van der Waals surface area contributed by atoms with Crippen LogP contribution in [0.5, 0.6) is 0 Å². The lowest BCUT2D eigenvalue weighted by molar-refractivity contribution is 0.0855. The van der Waals surface area contributed by atoms with Gasteiger partial charge in [0.2, 0.25) is 0 Å². The Morgan fingerprint density at radius 2 is 2.00 bits per heavy atom. The van der Waals surface area contributed by atoms with E-state index in [1.54, 1.807) is 0 Å². The quantitative estimate of drug-likeness (QED) is 0.759. The Bertz CT molecular complexity index is 210. The molecule has 3 heteroatoms. The summed E-state index contributed by atoms with van der Waals surface area (Å²) in [6.07, 6.45) is 7.20. The van der Waals surface area contributed by atoms with Crippen LogP contribution in [0.1, 0.15) is 38.5 Å². The van der Waals surface area contributed by atoms with Gasteiger partial charge in [0, 0.05) is 12.6 Å². The van der Waals surface area contributed by atoms with Crippen LogP contribution in [-0.2, 0) is 0 Å². The molecule has 1 aliphatic heterocycles. The first-order chi connectivity index (χ1) is 7.75. The Morgan fingerprint density at radius 3 is 2.75 bits per heavy atom. The molecule has 1 heterocycles. The summed E-state index contributed by atoms with van der Waals surface area (Å²) in [5.74, 6) is 0.785. The van der Waals surface area contributed by atoms with Crippen molar-refractivity contribution >= 4 is 0 Å². The summed E-state index contributed by atoms with van der Waals surface area (Å²) in [6.45, 7) is 3.56. The zero-order chi connectivity index (χ0) is 11.4. The minimum Gasteiger partial charge on any atom is -0.392 e. The van der Waals surface area contributed by atoms with Crippen LogP contribution in [0.3, 0.4) is 0 Å². The Morgan fingerprint density at radius 1 is 1.19 bits per heavy atom. The molecule has 0 radical (unpaired) electrons. The molecule has 2 N–H and O–H groups in total. The molecule has 2 fully saturated rings. The molecular weight excluding hydrogens is 200 g/mol. The standard InChI is InChI=1S/C13H26N2O/c1-15-8-4-5-11(10-15)9-14-12-6-2-3-7-13(12)16/h11-14,16H,2-10H2,1H3/t11?,12-,13-/m1/s1. The summed E-state index contributed by atoms with van der Waals surface area (Å²) < 4.78 is 0. The van der Waals surface area contributed by atoms with Crippen molar-refractivity contribution < 1.29 is 5.11 Å². The number of hydrogen-bond acceptors (Lipinski definition) is 3. The van der Waals surface area contributed by atoms with E-state index in [2.05, 4.69) is 17.3 Å². The van der Waals surface area contributed by atoms with Gasteiger partial charge in [0.05, 0.1) is 6.10 Å². The highest BCUT2D eigenvalue weighted by Crippen LogP contribution is 2.20. The van der Waals surface area contributed by atoms with E-state index in [0.29, 0.717) is 6.04 Å². The number of nitrogens with one attached hydrogen (secondary N) is 1. The highest BCUT2D eigenvalue weighted by Gasteiger charge is 2.24. The third-order valence-electron chi connectivity index (χ3n) is 4.12. The van der Waals surface area contributed by atoms with Gasteiger partial charge in [0.1, 0.15) is 0 Å². The highest BCUT2D eigenvalue weighted by atomic mass is 16.3. The van der Waals surface area contributed by atoms with Gasteiger partial charge < -0.3 is 15.3 Å². The lowest BCUT2D eigenvalue weighted by atomic mass is 9.91. The third-order valence-corrected chi connectivity index (χ3v) is 4.12. The van der Waals surface area contributed by atoms with Crippen molar-refractivity contribution in [1.29, 1.82) is 0 Å². The maximum atomic E-state index is 9.88. The van der Waals surface area contributed by atoms with E-state index < -0.39 is 0 Å². The smallest absolute Gasteiger partial charge is 0.0693 e. The summed E-state index contributed by atoms with van der Waals surface area (Å²) in [5, 5.41) is 13.5. The van der Waals surface area contributed by atoms with E-state index >= 15 is 0 Å². The molecule has 0 aromatic rings. The van der Waals surface area contributed by atoms with Crippen molar-refractivity contribution in [1.82, 2.24) is 10.2 Å². The zero-order valence-corrected chi connectivity index (χ0v) is 10.5. The second-order valence-electron chi connectivity index (χ2n) is 5.64. The van der Waals surface area contributed by atoms with Gasteiger partial charge >= 0.3 is 0 Å². The van der Waals surface area contributed by atoms with Gasteiger partial charge in [-0.15, -0.1) is 0 Å². The SMILES string of the molecule is CN1CCCC(CN[C@@H]2CCCC[C@H]2O)C1. The minimum absolute atomic E-state index is 0.102. The molecule has 1 saturated carbocycles. The first-order valence-electron chi connectivity index (χ1n) is 6.85. The van der Waals surface area contributed by atoms with Crippen molar-refractivity contribution in [3.8, 4) is 0 Å². The van der Waals surface area contributed by atoms with Crippen LogP contribution < -0.4 is 5.32 Å². The summed E-state index contributed by atoms with van der Waals surface area (Å²) in [4.78, 5) is 2.42. The molecule has 1 unspecified atom stereocenters. The third kappa shape index (κ3) is 3.44. The Balaban J connectivity index is 1.69. The largest absolute Gasteiger partial charge is 0.392 e. The van der Waals surface area contributed by atoms with Crippen LogP contribution in [0.4, 0.5) is 0 Å². The van der Waals surface area contributed by atoms with Crippen LogP contribution in [0.25, 0.3) is 0 Å². The number of rotatable bonds is 3. The second-order valence-corrected chi connectivity index (χ2v) is 5.64. The predicted octanol–water partition coefficient (Wildman–Crippen LogP) is 1.22. The maximum Gasteiger partial charge on any atom is 0.0693 e. The van der Waals surface area contributed by atoms with Crippen LogP contribution in [-0.4, -0.2) is 48.8 Å². The van der Waals surface area contributed by atoms with Crippen LogP contribution >= 0.6 is 0 Å². The van der Waals surface area contributed by atoms with E-state index in [-0.39, 0.29) is 6.10 Å². The Hall–Kier alpha value is -0.120. The lowest BCUT2D eigenvalue weighted by Gasteiger charge is -2.33. The van der Waals surface area contributed by atoms with Crippen molar-refractivity contribution in [2.24, 2.45) is 5.92 Å². The van der Waals surface area contributed by atoms with Gasteiger partial charge in [-0.05, 0) is 51.7 Å². The van der Waals surface area contributed by atoms with Crippen molar-refractivity contribution in [3.05, 3.63) is 0 Å². The molecule has 0 aromatic heterocycles. The fourth-order valence-electron chi connectivity index (χ4n) is 3.11. The fourth-order valence-corrected chi connectivity index (χ4v) is 3.11. The molecule has 1 saturated heterocycles. The highest BCUT2D eigenvalue weighted by molar-refractivity contribution is 4.82. The molecule has 16 heavy (non-hydrogen) atoms. The van der Waals surface area contributed by atoms with E-state index in [1.807, 2.05) is 0 Å². The number of hydrogen-bond donors (Lipinski definition) is 2. The molecule has 2 aliphatic rings. The van der Waals surface area contributed by atoms with Gasteiger partial charge in [-0.1, -0.05) is 12.8 Å². The number of aliphatic hydroxyl groups is 1. The molecular formula is C13H26N2O. The van der Waals surface area contributed by atoms with Crippen molar-refractivity contribution in [2.75, 3.05) is 26.7 Å².